The highest BCUT2D eigenvalue weighted by molar-refractivity contribution is 5.99. The molecule has 0 atom stereocenters. The number of piperazine rings is 1. The molecule has 2 heterocycles. The molecule has 0 aliphatic carbocycles. The fourth-order valence-electron chi connectivity index (χ4n) is 4.00. The van der Waals surface area contributed by atoms with Crippen molar-refractivity contribution in [1.82, 2.24) is 19.6 Å². The minimum absolute atomic E-state index is 0.0297. The minimum atomic E-state index is -0.164. The maximum Gasteiger partial charge on any atom is 0.254 e. The zero-order valence-corrected chi connectivity index (χ0v) is 20.1. The monoisotopic (exact) mass is 441 g/mol. The van der Waals surface area contributed by atoms with Crippen molar-refractivity contribution in [2.75, 3.05) is 45.7 Å². The third-order valence-corrected chi connectivity index (χ3v) is 5.92. The Morgan fingerprint density at radius 2 is 1.84 bits per heavy atom. The fourth-order valence-corrected chi connectivity index (χ4v) is 4.00. The van der Waals surface area contributed by atoms with Gasteiger partial charge in [0.05, 0.1) is 24.9 Å². The average Bonchev–Trinajstić information content (AvgIpc) is 3.00. The number of benzene rings is 1. The van der Waals surface area contributed by atoms with Crippen molar-refractivity contribution in [3.8, 4) is 5.75 Å². The lowest BCUT2D eigenvalue weighted by Gasteiger charge is -2.32. The van der Waals surface area contributed by atoms with E-state index in [4.69, 9.17) is 4.74 Å². The molecule has 0 bridgehead atoms. The van der Waals surface area contributed by atoms with E-state index in [9.17, 15) is 9.59 Å². The Labute approximate surface area is 190 Å². The van der Waals surface area contributed by atoms with Gasteiger partial charge in [0.2, 0.25) is 5.91 Å². The third kappa shape index (κ3) is 5.48. The Morgan fingerprint density at radius 3 is 2.47 bits per heavy atom. The summed E-state index contributed by atoms with van der Waals surface area (Å²) in [6.45, 7) is 12.1. The second-order valence-corrected chi connectivity index (χ2v) is 8.96. The lowest BCUT2D eigenvalue weighted by Crippen LogP contribution is -2.47. The molecule has 1 aromatic carbocycles. The predicted octanol–water partition coefficient (Wildman–Crippen LogP) is 2.73. The van der Waals surface area contributed by atoms with Crippen LogP contribution in [0.5, 0.6) is 5.75 Å². The third-order valence-electron chi connectivity index (χ3n) is 5.92. The number of hydrogen-bond donors (Lipinski definition) is 1. The molecule has 3 rings (SSSR count). The lowest BCUT2D eigenvalue weighted by molar-refractivity contribution is -0.115. The Hall–Kier alpha value is -2.87. The van der Waals surface area contributed by atoms with Crippen molar-refractivity contribution in [3.05, 3.63) is 40.7 Å². The molecule has 0 spiro atoms. The number of anilines is 1. The zero-order valence-electron chi connectivity index (χ0n) is 20.1. The van der Waals surface area contributed by atoms with Crippen molar-refractivity contribution < 1.29 is 14.3 Å². The van der Waals surface area contributed by atoms with Gasteiger partial charge in [-0.3, -0.25) is 14.3 Å². The summed E-state index contributed by atoms with van der Waals surface area (Å²) in [5, 5.41) is 7.54. The van der Waals surface area contributed by atoms with Gasteiger partial charge in [0.25, 0.3) is 5.91 Å². The zero-order chi connectivity index (χ0) is 23.4. The first-order valence-corrected chi connectivity index (χ1v) is 11.2. The van der Waals surface area contributed by atoms with Gasteiger partial charge in [-0.15, -0.1) is 0 Å². The molecule has 32 heavy (non-hydrogen) atoms. The number of nitrogens with zero attached hydrogens (tertiary/aromatic N) is 4. The molecule has 1 fully saturated rings. The van der Waals surface area contributed by atoms with E-state index in [2.05, 4.69) is 36.2 Å². The highest BCUT2D eigenvalue weighted by Gasteiger charge is 2.22. The number of rotatable bonds is 7. The van der Waals surface area contributed by atoms with E-state index in [0.29, 0.717) is 36.0 Å². The summed E-state index contributed by atoms with van der Waals surface area (Å²) in [5.74, 6) is 0.803. The number of ether oxygens (including phenoxy) is 1. The van der Waals surface area contributed by atoms with E-state index in [-0.39, 0.29) is 18.2 Å². The second-order valence-electron chi connectivity index (χ2n) is 8.96. The molecule has 1 N–H and O–H groups in total. The van der Waals surface area contributed by atoms with E-state index < -0.39 is 0 Å². The largest absolute Gasteiger partial charge is 0.495 e. The van der Waals surface area contributed by atoms with E-state index in [1.54, 1.807) is 25.3 Å². The van der Waals surface area contributed by atoms with Crippen LogP contribution in [-0.2, 0) is 17.8 Å². The van der Waals surface area contributed by atoms with Gasteiger partial charge in [0, 0.05) is 49.5 Å². The Kier molecular flexibility index (Phi) is 7.56. The SMILES string of the molecule is COc1ccc(C(=O)N2CCN(C)CC2)cc1NC(=O)Cc1c(C)nn(CC(C)C)c1C. The number of likely N-dealkylation sites (N-methyl/N-ethyl adjacent to an activating group) is 1. The van der Waals surface area contributed by atoms with Crippen LogP contribution in [0, 0.1) is 19.8 Å². The second kappa shape index (κ2) is 10.2. The van der Waals surface area contributed by atoms with E-state index in [0.717, 1.165) is 36.6 Å². The number of nitrogens with one attached hydrogen (secondary N) is 1. The number of carbonyl (C=O) groups excluding carboxylic acids is 2. The van der Waals surface area contributed by atoms with Crippen molar-refractivity contribution in [1.29, 1.82) is 0 Å². The normalized spacial score (nSPS) is 14.7. The van der Waals surface area contributed by atoms with Crippen molar-refractivity contribution in [2.45, 2.75) is 40.7 Å². The van der Waals surface area contributed by atoms with Gasteiger partial charge in [0.1, 0.15) is 5.75 Å². The number of carbonyl (C=O) groups is 2. The molecular weight excluding hydrogens is 406 g/mol. The summed E-state index contributed by atoms with van der Waals surface area (Å²) in [4.78, 5) is 29.9. The molecule has 2 amide bonds. The Bertz CT molecular complexity index is 974. The van der Waals surface area contributed by atoms with Crippen LogP contribution in [0.2, 0.25) is 0 Å². The standard InChI is InChI=1S/C24H35N5O3/c1-16(2)15-29-18(4)20(17(3)26-29)14-23(30)25-21-13-19(7-8-22(21)32-6)24(31)28-11-9-27(5)10-12-28/h7-8,13,16H,9-12,14-15H2,1-6H3,(H,25,30). The number of aromatic nitrogens is 2. The van der Waals surface area contributed by atoms with Crippen LogP contribution in [0.4, 0.5) is 5.69 Å². The first-order valence-electron chi connectivity index (χ1n) is 11.2. The van der Waals surface area contributed by atoms with Gasteiger partial charge < -0.3 is 19.9 Å². The lowest BCUT2D eigenvalue weighted by atomic mass is 10.1. The first-order chi connectivity index (χ1) is 15.2. The summed E-state index contributed by atoms with van der Waals surface area (Å²) >= 11 is 0. The number of aryl methyl sites for hydroxylation is 1. The topological polar surface area (TPSA) is 79.7 Å². The molecule has 174 valence electrons. The van der Waals surface area contributed by atoms with Gasteiger partial charge >= 0.3 is 0 Å². The molecule has 1 aliphatic heterocycles. The molecule has 2 aromatic rings. The number of hydrogen-bond acceptors (Lipinski definition) is 5. The smallest absolute Gasteiger partial charge is 0.254 e. The molecule has 8 heteroatoms. The molecule has 0 unspecified atom stereocenters. The van der Waals surface area contributed by atoms with Crippen LogP contribution >= 0.6 is 0 Å². The van der Waals surface area contributed by atoms with Gasteiger partial charge in [-0.05, 0) is 45.0 Å². The summed E-state index contributed by atoms with van der Waals surface area (Å²) < 4.78 is 7.39. The molecule has 0 saturated carbocycles. The predicted molar refractivity (Wildman–Crippen MR) is 125 cm³/mol. The quantitative estimate of drug-likeness (QED) is 0.715. The van der Waals surface area contributed by atoms with E-state index >= 15 is 0 Å². The van der Waals surface area contributed by atoms with Crippen LogP contribution in [0.15, 0.2) is 18.2 Å². The molecular formula is C24H35N5O3. The highest BCUT2D eigenvalue weighted by atomic mass is 16.5. The molecule has 1 aliphatic rings. The van der Waals surface area contributed by atoms with Crippen LogP contribution in [0.1, 0.15) is 41.2 Å². The van der Waals surface area contributed by atoms with Gasteiger partial charge in [0.15, 0.2) is 0 Å². The maximum absolute atomic E-state index is 13.0. The Balaban J connectivity index is 1.75. The van der Waals surface area contributed by atoms with Crippen LogP contribution in [0.25, 0.3) is 0 Å². The highest BCUT2D eigenvalue weighted by Crippen LogP contribution is 2.27. The number of amides is 2. The summed E-state index contributed by atoms with van der Waals surface area (Å²) in [5.41, 5.74) is 3.86. The average molecular weight is 442 g/mol. The summed E-state index contributed by atoms with van der Waals surface area (Å²) in [6.07, 6.45) is 0.218. The Morgan fingerprint density at radius 1 is 1.16 bits per heavy atom. The van der Waals surface area contributed by atoms with Crippen LogP contribution < -0.4 is 10.1 Å². The fraction of sp³-hybridized carbons (Fsp3) is 0.542. The molecule has 0 radical (unpaired) electrons. The summed E-state index contributed by atoms with van der Waals surface area (Å²) in [7, 11) is 3.61. The van der Waals surface area contributed by atoms with Gasteiger partial charge in [-0.1, -0.05) is 13.8 Å². The van der Waals surface area contributed by atoms with Crippen molar-refractivity contribution in [3.63, 3.8) is 0 Å². The minimum Gasteiger partial charge on any atom is -0.495 e. The molecule has 1 aromatic heterocycles. The van der Waals surface area contributed by atoms with Gasteiger partial charge in [-0.25, -0.2) is 0 Å². The first kappa shape index (κ1) is 23.8. The van der Waals surface area contributed by atoms with E-state index in [1.807, 2.05) is 23.4 Å². The molecule has 8 nitrogen and oxygen atoms in total. The summed E-state index contributed by atoms with van der Waals surface area (Å²) in [6, 6.07) is 5.19. The maximum atomic E-state index is 13.0. The van der Waals surface area contributed by atoms with Crippen LogP contribution in [-0.4, -0.2) is 71.7 Å². The van der Waals surface area contributed by atoms with Gasteiger partial charge in [-0.2, -0.15) is 5.10 Å². The van der Waals surface area contributed by atoms with Crippen molar-refractivity contribution >= 4 is 17.5 Å². The van der Waals surface area contributed by atoms with Crippen LogP contribution in [0.3, 0.4) is 0 Å². The molecule has 1 saturated heterocycles. The van der Waals surface area contributed by atoms with Crippen molar-refractivity contribution in [2.24, 2.45) is 5.92 Å². The van der Waals surface area contributed by atoms with E-state index in [1.165, 1.54) is 0 Å². The number of methoxy groups -OCH3 is 1.